The normalized spacial score (nSPS) is 11.4. The summed E-state index contributed by atoms with van der Waals surface area (Å²) >= 11 is 0. The Hall–Kier alpha value is -3.56. The first kappa shape index (κ1) is 21.2. The molecule has 10 heteroatoms. The monoisotopic (exact) mass is 420 g/mol. The van der Waals surface area contributed by atoms with E-state index in [2.05, 4.69) is 15.5 Å². The van der Waals surface area contributed by atoms with Crippen LogP contribution in [0.3, 0.4) is 0 Å². The number of hydrogen-bond donors (Lipinski definition) is 2. The number of halogens is 3. The number of carboxylic acid groups (broad SMARTS) is 1. The molecule has 1 heterocycles. The quantitative estimate of drug-likeness (QED) is 0.601. The molecule has 0 fully saturated rings. The maximum atomic E-state index is 12.7. The van der Waals surface area contributed by atoms with Crippen molar-refractivity contribution in [1.82, 2.24) is 15.0 Å². The van der Waals surface area contributed by atoms with E-state index in [9.17, 15) is 18.0 Å². The number of alkyl halides is 3. The molecule has 0 amide bonds. The predicted molar refractivity (Wildman–Crippen MR) is 103 cm³/mol. The molecule has 0 radical (unpaired) electrons. The van der Waals surface area contributed by atoms with Gasteiger partial charge in [0.1, 0.15) is 11.4 Å². The van der Waals surface area contributed by atoms with Gasteiger partial charge >= 0.3 is 12.1 Å². The zero-order valence-electron chi connectivity index (χ0n) is 16.2. The second-order valence-corrected chi connectivity index (χ2v) is 6.58. The van der Waals surface area contributed by atoms with Gasteiger partial charge in [-0.1, -0.05) is 0 Å². The van der Waals surface area contributed by atoms with Gasteiger partial charge in [0.2, 0.25) is 0 Å². The van der Waals surface area contributed by atoms with E-state index in [1.54, 1.807) is 26.0 Å². The Bertz CT molecular complexity index is 1050. The van der Waals surface area contributed by atoms with E-state index in [0.717, 1.165) is 23.4 Å². The lowest BCUT2D eigenvalue weighted by atomic mass is 10.2. The molecule has 1 aromatic heterocycles. The van der Waals surface area contributed by atoms with Crippen LogP contribution in [0.25, 0.3) is 5.69 Å². The van der Waals surface area contributed by atoms with Crippen molar-refractivity contribution in [2.75, 3.05) is 11.9 Å². The fourth-order valence-electron chi connectivity index (χ4n) is 2.72. The van der Waals surface area contributed by atoms with Crippen LogP contribution < -0.4 is 10.1 Å². The van der Waals surface area contributed by atoms with Crippen LogP contribution in [0.5, 0.6) is 5.75 Å². The maximum Gasteiger partial charge on any atom is 0.416 e. The van der Waals surface area contributed by atoms with Crippen molar-refractivity contribution in [1.29, 1.82) is 0 Å². The molecule has 7 nitrogen and oxygen atoms in total. The van der Waals surface area contributed by atoms with E-state index in [1.165, 1.54) is 16.9 Å². The summed E-state index contributed by atoms with van der Waals surface area (Å²) < 4.78 is 43.3. The number of anilines is 1. The van der Waals surface area contributed by atoms with Gasteiger partial charge in [0.15, 0.2) is 6.61 Å². The number of nitrogens with one attached hydrogen (secondary N) is 1. The standard InChI is InChI=1S/C20H19F3N4O3/c1-12-9-15(5-8-18(12)30-11-19(28)29)24-10-17-13(2)25-27(26-17)16-6-3-14(4-7-16)20(21,22)23/h3-9,24H,10-11H2,1-2H3,(H,28,29). The molecule has 2 N–H and O–H groups in total. The maximum absolute atomic E-state index is 12.7. The molecule has 0 aliphatic carbocycles. The molecule has 30 heavy (non-hydrogen) atoms. The Morgan fingerprint density at radius 2 is 1.83 bits per heavy atom. The van der Waals surface area contributed by atoms with Gasteiger partial charge in [-0.25, -0.2) is 4.79 Å². The zero-order valence-corrected chi connectivity index (χ0v) is 16.2. The highest BCUT2D eigenvalue weighted by Gasteiger charge is 2.30. The van der Waals surface area contributed by atoms with Crippen molar-refractivity contribution < 1.29 is 27.8 Å². The van der Waals surface area contributed by atoms with Gasteiger partial charge in [-0.15, -0.1) is 0 Å². The number of benzene rings is 2. The summed E-state index contributed by atoms with van der Waals surface area (Å²) in [6.07, 6.45) is -4.40. The Labute approximate surface area is 170 Å². The van der Waals surface area contributed by atoms with Gasteiger partial charge < -0.3 is 15.2 Å². The molecule has 0 spiro atoms. The first-order valence-corrected chi connectivity index (χ1v) is 8.93. The van der Waals surface area contributed by atoms with E-state index in [0.29, 0.717) is 29.4 Å². The third kappa shape index (κ3) is 5.07. The van der Waals surface area contributed by atoms with Crippen LogP contribution in [0.2, 0.25) is 0 Å². The van der Waals surface area contributed by atoms with Crippen LogP contribution in [0.1, 0.15) is 22.5 Å². The molecule has 0 saturated heterocycles. The number of aryl methyl sites for hydroxylation is 2. The average molecular weight is 420 g/mol. The van der Waals surface area contributed by atoms with Crippen LogP contribution in [-0.4, -0.2) is 32.7 Å². The van der Waals surface area contributed by atoms with E-state index < -0.39 is 24.3 Å². The summed E-state index contributed by atoms with van der Waals surface area (Å²) in [6, 6.07) is 9.85. The second-order valence-electron chi connectivity index (χ2n) is 6.58. The van der Waals surface area contributed by atoms with Crippen molar-refractivity contribution in [2.24, 2.45) is 0 Å². The van der Waals surface area contributed by atoms with Gasteiger partial charge in [-0.05, 0) is 61.9 Å². The largest absolute Gasteiger partial charge is 0.482 e. The van der Waals surface area contributed by atoms with Crippen molar-refractivity contribution in [3.63, 3.8) is 0 Å². The van der Waals surface area contributed by atoms with Crippen LogP contribution in [0.15, 0.2) is 42.5 Å². The fourth-order valence-corrected chi connectivity index (χ4v) is 2.72. The summed E-state index contributed by atoms with van der Waals surface area (Å²) in [5.74, 6) is -0.574. The summed E-state index contributed by atoms with van der Waals surface area (Å²) in [4.78, 5) is 11.9. The van der Waals surface area contributed by atoms with Crippen molar-refractivity contribution in [3.8, 4) is 11.4 Å². The minimum Gasteiger partial charge on any atom is -0.482 e. The molecule has 158 valence electrons. The van der Waals surface area contributed by atoms with Gasteiger partial charge in [0.25, 0.3) is 0 Å². The van der Waals surface area contributed by atoms with Crippen molar-refractivity contribution >= 4 is 11.7 Å². The highest BCUT2D eigenvalue weighted by molar-refractivity contribution is 5.68. The number of aliphatic carboxylic acids is 1. The molecule has 2 aromatic carbocycles. The summed E-state index contributed by atoms with van der Waals surface area (Å²) in [7, 11) is 0. The third-order valence-electron chi connectivity index (χ3n) is 4.29. The Morgan fingerprint density at radius 1 is 1.13 bits per heavy atom. The number of carbonyl (C=O) groups is 1. The first-order valence-electron chi connectivity index (χ1n) is 8.93. The number of nitrogens with zero attached hydrogens (tertiary/aromatic N) is 3. The molecule has 0 aliphatic heterocycles. The smallest absolute Gasteiger partial charge is 0.416 e. The van der Waals surface area contributed by atoms with E-state index in [-0.39, 0.29) is 0 Å². The minimum atomic E-state index is -4.40. The van der Waals surface area contributed by atoms with Crippen molar-refractivity contribution in [2.45, 2.75) is 26.6 Å². The third-order valence-corrected chi connectivity index (χ3v) is 4.29. The zero-order chi connectivity index (χ0) is 21.9. The van der Waals surface area contributed by atoms with Crippen LogP contribution in [0.4, 0.5) is 18.9 Å². The second kappa shape index (κ2) is 8.44. The van der Waals surface area contributed by atoms with Crippen molar-refractivity contribution in [3.05, 3.63) is 65.0 Å². The SMILES string of the molecule is Cc1cc(NCc2nn(-c3ccc(C(F)(F)F)cc3)nc2C)ccc1OCC(=O)O. The Balaban J connectivity index is 1.68. The molecule has 0 atom stereocenters. The number of aromatic nitrogens is 3. The number of rotatable bonds is 7. The number of ether oxygens (including phenoxy) is 1. The Kier molecular flexibility index (Phi) is 5.95. The van der Waals surface area contributed by atoms with Gasteiger partial charge in [-0.3, -0.25) is 0 Å². The van der Waals surface area contributed by atoms with E-state index >= 15 is 0 Å². The topological polar surface area (TPSA) is 89.3 Å². The van der Waals surface area contributed by atoms with Crippen LogP contribution >= 0.6 is 0 Å². The predicted octanol–water partition coefficient (Wildman–Crippen LogP) is 3.98. The highest BCUT2D eigenvalue weighted by Crippen LogP contribution is 2.29. The molecular formula is C20H19F3N4O3. The molecular weight excluding hydrogens is 401 g/mol. The van der Waals surface area contributed by atoms with E-state index in [1.807, 2.05) is 6.07 Å². The average Bonchev–Trinajstić information content (AvgIpc) is 3.05. The fraction of sp³-hybridized carbons (Fsp3) is 0.250. The molecule has 0 saturated carbocycles. The molecule has 0 bridgehead atoms. The van der Waals surface area contributed by atoms with Crippen LogP contribution in [0, 0.1) is 13.8 Å². The number of hydrogen-bond acceptors (Lipinski definition) is 5. The lowest BCUT2D eigenvalue weighted by Gasteiger charge is -2.10. The van der Waals surface area contributed by atoms with Gasteiger partial charge in [0.05, 0.1) is 23.5 Å². The lowest BCUT2D eigenvalue weighted by Crippen LogP contribution is -2.10. The molecule has 3 aromatic rings. The summed E-state index contributed by atoms with van der Waals surface area (Å²) in [5, 5.41) is 20.5. The number of carboxylic acids is 1. The lowest BCUT2D eigenvalue weighted by molar-refractivity contribution is -0.139. The van der Waals surface area contributed by atoms with Gasteiger partial charge in [-0.2, -0.15) is 28.2 Å². The highest BCUT2D eigenvalue weighted by atomic mass is 19.4. The molecule has 0 aliphatic rings. The minimum absolute atomic E-state index is 0.348. The van der Waals surface area contributed by atoms with E-state index in [4.69, 9.17) is 9.84 Å². The van der Waals surface area contributed by atoms with Gasteiger partial charge in [0, 0.05) is 5.69 Å². The Morgan fingerprint density at radius 3 is 2.43 bits per heavy atom. The van der Waals surface area contributed by atoms with Crippen LogP contribution in [-0.2, 0) is 17.5 Å². The molecule has 0 unspecified atom stereocenters. The summed E-state index contributed by atoms with van der Waals surface area (Å²) in [5.41, 5.74) is 2.51. The molecule has 3 rings (SSSR count). The summed E-state index contributed by atoms with van der Waals surface area (Å²) in [6.45, 7) is 3.49. The first-order chi connectivity index (χ1) is 14.1.